The Morgan fingerprint density at radius 1 is 1.24 bits per heavy atom. The zero-order chi connectivity index (χ0) is 17.8. The standard InChI is InChI=1S/C21H25N3O/c1-15-12-19(16(2)24(15)18-9-4-3-5-10-18)21(25)14-23-20-11-7-6-8-17(20)13-22/h6-8,11-12,18,23H,3-5,9-10,14H2,1-2H3. The Balaban J connectivity index is 1.75. The average Bonchev–Trinajstić information content (AvgIpc) is 2.95. The minimum atomic E-state index is 0.0721. The SMILES string of the molecule is Cc1cc(C(=O)CNc2ccccc2C#N)c(C)n1C1CCCCC1. The Morgan fingerprint density at radius 3 is 2.68 bits per heavy atom. The molecule has 1 aliphatic rings. The molecule has 130 valence electrons. The Kier molecular flexibility index (Phi) is 5.23. The van der Waals surface area contributed by atoms with E-state index >= 15 is 0 Å². The number of anilines is 1. The number of ketones is 1. The molecule has 0 bridgehead atoms. The number of benzene rings is 1. The first-order valence-corrected chi connectivity index (χ1v) is 9.06. The molecular weight excluding hydrogens is 310 g/mol. The van der Waals surface area contributed by atoms with Crippen LogP contribution in [0.3, 0.4) is 0 Å². The van der Waals surface area contributed by atoms with E-state index in [9.17, 15) is 4.79 Å². The predicted octanol–water partition coefficient (Wildman–Crippen LogP) is 4.78. The van der Waals surface area contributed by atoms with Gasteiger partial charge in [-0.25, -0.2) is 0 Å². The molecule has 1 fully saturated rings. The number of nitrogens with one attached hydrogen (secondary N) is 1. The molecule has 1 saturated carbocycles. The van der Waals surface area contributed by atoms with Crippen LogP contribution in [0.2, 0.25) is 0 Å². The highest BCUT2D eigenvalue weighted by Crippen LogP contribution is 2.32. The van der Waals surface area contributed by atoms with Crippen molar-refractivity contribution in [3.63, 3.8) is 0 Å². The fraction of sp³-hybridized carbons (Fsp3) is 0.429. The quantitative estimate of drug-likeness (QED) is 0.800. The van der Waals surface area contributed by atoms with Gasteiger partial charge in [-0.1, -0.05) is 31.4 Å². The van der Waals surface area contributed by atoms with Crippen LogP contribution in [-0.2, 0) is 0 Å². The number of Topliss-reactive ketones (excluding diaryl/α,β-unsaturated/α-hetero) is 1. The number of para-hydroxylation sites is 1. The van der Waals surface area contributed by atoms with Crippen LogP contribution >= 0.6 is 0 Å². The zero-order valence-electron chi connectivity index (χ0n) is 15.0. The molecule has 3 rings (SSSR count). The van der Waals surface area contributed by atoms with Gasteiger partial charge in [0.25, 0.3) is 0 Å². The minimum Gasteiger partial charge on any atom is -0.377 e. The largest absolute Gasteiger partial charge is 0.377 e. The van der Waals surface area contributed by atoms with Crippen molar-refractivity contribution in [1.29, 1.82) is 5.26 Å². The van der Waals surface area contributed by atoms with E-state index in [-0.39, 0.29) is 12.3 Å². The van der Waals surface area contributed by atoms with E-state index in [4.69, 9.17) is 5.26 Å². The van der Waals surface area contributed by atoms with Gasteiger partial charge in [-0.15, -0.1) is 0 Å². The lowest BCUT2D eigenvalue weighted by Crippen LogP contribution is -2.18. The highest BCUT2D eigenvalue weighted by Gasteiger charge is 2.22. The topological polar surface area (TPSA) is 57.8 Å². The molecule has 4 nitrogen and oxygen atoms in total. The van der Waals surface area contributed by atoms with Crippen molar-refractivity contribution in [3.8, 4) is 6.07 Å². The van der Waals surface area contributed by atoms with E-state index in [2.05, 4.69) is 29.8 Å². The second-order valence-corrected chi connectivity index (χ2v) is 6.88. The summed E-state index contributed by atoms with van der Waals surface area (Å²) < 4.78 is 2.36. The fourth-order valence-corrected chi connectivity index (χ4v) is 3.97. The Bertz CT molecular complexity index is 807. The first-order chi connectivity index (χ1) is 12.1. The molecule has 0 amide bonds. The molecule has 1 aromatic carbocycles. The summed E-state index contributed by atoms with van der Waals surface area (Å²) in [7, 11) is 0. The van der Waals surface area contributed by atoms with Gasteiger partial charge in [0.15, 0.2) is 5.78 Å². The third-order valence-electron chi connectivity index (χ3n) is 5.21. The molecule has 0 unspecified atom stereocenters. The predicted molar refractivity (Wildman–Crippen MR) is 100 cm³/mol. The zero-order valence-corrected chi connectivity index (χ0v) is 15.0. The van der Waals surface area contributed by atoms with E-state index in [0.717, 1.165) is 11.3 Å². The van der Waals surface area contributed by atoms with Crippen LogP contribution in [-0.4, -0.2) is 16.9 Å². The maximum absolute atomic E-state index is 12.7. The maximum Gasteiger partial charge on any atom is 0.183 e. The van der Waals surface area contributed by atoms with E-state index in [1.807, 2.05) is 24.3 Å². The summed E-state index contributed by atoms with van der Waals surface area (Å²) in [6.07, 6.45) is 6.29. The molecule has 4 heteroatoms. The second-order valence-electron chi connectivity index (χ2n) is 6.88. The Labute approximate surface area is 149 Å². The normalized spacial score (nSPS) is 14.9. The van der Waals surface area contributed by atoms with Crippen LogP contribution in [0.5, 0.6) is 0 Å². The van der Waals surface area contributed by atoms with Gasteiger partial charge >= 0.3 is 0 Å². The number of rotatable bonds is 5. The molecule has 1 aromatic heterocycles. The number of hydrogen-bond donors (Lipinski definition) is 1. The third kappa shape index (κ3) is 3.61. The summed E-state index contributed by atoms with van der Waals surface area (Å²) >= 11 is 0. The number of carbonyl (C=O) groups excluding carboxylic acids is 1. The molecular formula is C21H25N3O. The van der Waals surface area contributed by atoms with Crippen molar-refractivity contribution in [1.82, 2.24) is 4.57 Å². The van der Waals surface area contributed by atoms with Crippen LogP contribution in [0, 0.1) is 25.2 Å². The van der Waals surface area contributed by atoms with Gasteiger partial charge < -0.3 is 9.88 Å². The van der Waals surface area contributed by atoms with Gasteiger partial charge in [0.1, 0.15) is 6.07 Å². The number of nitriles is 1. The van der Waals surface area contributed by atoms with Crippen molar-refractivity contribution in [2.24, 2.45) is 0 Å². The van der Waals surface area contributed by atoms with Crippen molar-refractivity contribution >= 4 is 11.5 Å². The molecule has 0 aliphatic heterocycles. The van der Waals surface area contributed by atoms with Crippen molar-refractivity contribution < 1.29 is 4.79 Å². The van der Waals surface area contributed by atoms with Gasteiger partial charge in [-0.2, -0.15) is 5.26 Å². The smallest absolute Gasteiger partial charge is 0.183 e. The van der Waals surface area contributed by atoms with Crippen LogP contribution in [0.1, 0.15) is 65.5 Å². The summed E-state index contributed by atoms with van der Waals surface area (Å²) in [6, 6.07) is 12.0. The van der Waals surface area contributed by atoms with E-state index in [0.29, 0.717) is 17.3 Å². The monoisotopic (exact) mass is 335 g/mol. The lowest BCUT2D eigenvalue weighted by Gasteiger charge is -2.26. The van der Waals surface area contributed by atoms with E-state index < -0.39 is 0 Å². The fourth-order valence-electron chi connectivity index (χ4n) is 3.97. The molecule has 1 aliphatic carbocycles. The molecule has 0 spiro atoms. The van der Waals surface area contributed by atoms with E-state index in [1.165, 1.54) is 37.8 Å². The molecule has 0 atom stereocenters. The molecule has 25 heavy (non-hydrogen) atoms. The number of carbonyl (C=O) groups is 1. The highest BCUT2D eigenvalue weighted by atomic mass is 16.1. The summed E-state index contributed by atoms with van der Waals surface area (Å²) in [5, 5.41) is 12.3. The Hall–Kier alpha value is -2.54. The molecule has 0 radical (unpaired) electrons. The lowest BCUT2D eigenvalue weighted by molar-refractivity contribution is 0.101. The van der Waals surface area contributed by atoms with Gasteiger partial charge in [0.2, 0.25) is 0 Å². The van der Waals surface area contributed by atoms with Crippen LogP contribution in [0.15, 0.2) is 30.3 Å². The van der Waals surface area contributed by atoms with Crippen molar-refractivity contribution in [2.75, 3.05) is 11.9 Å². The first kappa shape index (κ1) is 17.3. The third-order valence-corrected chi connectivity index (χ3v) is 5.21. The summed E-state index contributed by atoms with van der Waals surface area (Å²) in [4.78, 5) is 12.7. The van der Waals surface area contributed by atoms with Gasteiger partial charge in [-0.3, -0.25) is 4.79 Å². The van der Waals surface area contributed by atoms with E-state index in [1.54, 1.807) is 6.07 Å². The summed E-state index contributed by atoms with van der Waals surface area (Å²) in [5.74, 6) is 0.0721. The Morgan fingerprint density at radius 2 is 1.96 bits per heavy atom. The van der Waals surface area contributed by atoms with Crippen molar-refractivity contribution in [2.45, 2.75) is 52.0 Å². The van der Waals surface area contributed by atoms with Gasteiger partial charge in [0, 0.05) is 23.0 Å². The van der Waals surface area contributed by atoms with Crippen molar-refractivity contribution in [3.05, 3.63) is 52.8 Å². The molecule has 0 saturated heterocycles. The molecule has 1 N–H and O–H groups in total. The minimum absolute atomic E-state index is 0.0721. The van der Waals surface area contributed by atoms with Gasteiger partial charge in [-0.05, 0) is 44.9 Å². The highest BCUT2D eigenvalue weighted by molar-refractivity contribution is 6.00. The average molecular weight is 335 g/mol. The van der Waals surface area contributed by atoms with Gasteiger partial charge in [0.05, 0.1) is 17.8 Å². The maximum atomic E-state index is 12.7. The summed E-state index contributed by atoms with van der Waals surface area (Å²) in [6.45, 7) is 4.35. The first-order valence-electron chi connectivity index (χ1n) is 9.06. The van der Waals surface area contributed by atoms with Crippen LogP contribution < -0.4 is 5.32 Å². The number of nitrogens with zero attached hydrogens (tertiary/aromatic N) is 2. The lowest BCUT2D eigenvalue weighted by atomic mass is 9.95. The van der Waals surface area contributed by atoms with Crippen LogP contribution in [0.4, 0.5) is 5.69 Å². The number of hydrogen-bond acceptors (Lipinski definition) is 3. The molecule has 2 aromatic rings. The summed E-state index contributed by atoms with van der Waals surface area (Å²) in [5.41, 5.74) is 4.31. The number of aryl methyl sites for hydroxylation is 1. The molecule has 1 heterocycles. The van der Waals surface area contributed by atoms with Crippen LogP contribution in [0.25, 0.3) is 0 Å². The number of aromatic nitrogens is 1. The second kappa shape index (κ2) is 7.57.